The van der Waals surface area contributed by atoms with E-state index in [0.717, 1.165) is 10.5 Å². The van der Waals surface area contributed by atoms with Crippen molar-refractivity contribution in [3.63, 3.8) is 0 Å². The van der Waals surface area contributed by atoms with E-state index >= 15 is 0 Å². The van der Waals surface area contributed by atoms with Crippen LogP contribution in [0.3, 0.4) is 0 Å². The molecule has 0 atom stereocenters. The molecule has 0 aliphatic heterocycles. The maximum atomic E-state index is 13.0. The quantitative estimate of drug-likeness (QED) is 0.210. The highest BCUT2D eigenvalue weighted by molar-refractivity contribution is 7.98. The number of ether oxygens (including phenoxy) is 1. The van der Waals surface area contributed by atoms with Crippen LogP contribution in [0.1, 0.15) is 35.6 Å². The van der Waals surface area contributed by atoms with Gasteiger partial charge in [-0.15, -0.1) is 16.9 Å². The molecule has 2 heterocycles. The van der Waals surface area contributed by atoms with Crippen LogP contribution in [-0.4, -0.2) is 43.5 Å². The fourth-order valence-corrected chi connectivity index (χ4v) is 3.99. The Morgan fingerprint density at radius 3 is 2.68 bits per heavy atom. The number of nitrogens with two attached hydrogens (primary N) is 1. The number of nitrogens with one attached hydrogen (secondary N) is 1. The average Bonchev–Trinajstić information content (AvgIpc) is 3.47. The minimum absolute atomic E-state index is 0.0317. The molecule has 12 heteroatoms. The van der Waals surface area contributed by atoms with Gasteiger partial charge in [0.2, 0.25) is 11.6 Å². The van der Waals surface area contributed by atoms with Crippen LogP contribution in [-0.2, 0) is 5.75 Å². The Labute approximate surface area is 199 Å². The van der Waals surface area contributed by atoms with E-state index in [0.29, 0.717) is 29.5 Å². The second-order valence-electron chi connectivity index (χ2n) is 6.94. The van der Waals surface area contributed by atoms with E-state index in [1.54, 1.807) is 6.92 Å². The number of para-hydroxylation sites is 1. The van der Waals surface area contributed by atoms with Crippen LogP contribution >= 0.6 is 11.8 Å². The normalized spacial score (nSPS) is 11.4. The number of hydrazone groups is 1. The van der Waals surface area contributed by atoms with Gasteiger partial charge in [-0.05, 0) is 48.4 Å². The van der Waals surface area contributed by atoms with Crippen molar-refractivity contribution >= 4 is 29.2 Å². The van der Waals surface area contributed by atoms with E-state index in [2.05, 4.69) is 31.2 Å². The van der Waals surface area contributed by atoms with Gasteiger partial charge in [0.1, 0.15) is 5.75 Å². The van der Waals surface area contributed by atoms with Gasteiger partial charge in [-0.3, -0.25) is 4.79 Å². The Morgan fingerprint density at radius 2 is 1.94 bits per heavy atom. The fourth-order valence-electron chi connectivity index (χ4n) is 3.08. The first-order chi connectivity index (χ1) is 16.6. The summed E-state index contributed by atoms with van der Waals surface area (Å²) >= 11 is 1.50. The summed E-state index contributed by atoms with van der Waals surface area (Å²) in [6.07, 6.45) is 0. The minimum Gasteiger partial charge on any atom is -0.493 e. The molecule has 0 saturated heterocycles. The number of aromatic nitrogens is 5. The van der Waals surface area contributed by atoms with Gasteiger partial charge in [-0.25, -0.2) is 10.1 Å². The van der Waals surface area contributed by atoms with Gasteiger partial charge < -0.3 is 10.5 Å². The highest BCUT2D eigenvalue weighted by Gasteiger charge is 2.24. The van der Waals surface area contributed by atoms with Crippen molar-refractivity contribution in [2.24, 2.45) is 5.10 Å². The van der Waals surface area contributed by atoms with Crippen molar-refractivity contribution in [1.29, 1.82) is 0 Å². The number of benzene rings is 2. The first kappa shape index (κ1) is 23.0. The zero-order valence-electron chi connectivity index (χ0n) is 18.5. The van der Waals surface area contributed by atoms with Gasteiger partial charge in [-0.1, -0.05) is 35.5 Å². The Hall–Kier alpha value is -4.19. The SMILES string of the molecule is CCOc1ccccc1/C(C)=N\NC(=O)c1nnn(-c2nonc2N)c1CSc1ccccc1. The Balaban J connectivity index is 1.60. The Kier molecular flexibility index (Phi) is 7.18. The summed E-state index contributed by atoms with van der Waals surface area (Å²) in [6, 6.07) is 17.2. The number of nitrogen functional groups attached to an aromatic ring is 1. The molecule has 0 bridgehead atoms. The number of hydrogen-bond donors (Lipinski definition) is 2. The van der Waals surface area contributed by atoms with Crippen LogP contribution in [0.4, 0.5) is 5.82 Å². The lowest BCUT2D eigenvalue weighted by atomic mass is 10.1. The van der Waals surface area contributed by atoms with Crippen LogP contribution in [0.2, 0.25) is 0 Å². The Bertz CT molecular complexity index is 1300. The maximum Gasteiger partial charge on any atom is 0.293 e. The van der Waals surface area contributed by atoms with Gasteiger partial charge in [0.15, 0.2) is 5.69 Å². The average molecular weight is 479 g/mol. The minimum atomic E-state index is -0.529. The van der Waals surface area contributed by atoms with Crippen LogP contribution in [0, 0.1) is 0 Å². The molecule has 174 valence electrons. The lowest BCUT2D eigenvalue weighted by molar-refractivity contribution is 0.0949. The van der Waals surface area contributed by atoms with E-state index in [1.807, 2.05) is 61.5 Å². The monoisotopic (exact) mass is 478 g/mol. The van der Waals surface area contributed by atoms with E-state index in [1.165, 1.54) is 16.4 Å². The molecule has 0 unspecified atom stereocenters. The predicted molar refractivity (Wildman–Crippen MR) is 127 cm³/mol. The summed E-state index contributed by atoms with van der Waals surface area (Å²) in [6.45, 7) is 4.20. The van der Waals surface area contributed by atoms with E-state index < -0.39 is 5.91 Å². The van der Waals surface area contributed by atoms with Crippen molar-refractivity contribution in [2.45, 2.75) is 24.5 Å². The molecular formula is C22H22N8O3S. The van der Waals surface area contributed by atoms with E-state index in [4.69, 9.17) is 15.1 Å². The summed E-state index contributed by atoms with van der Waals surface area (Å²) in [7, 11) is 0. The molecule has 2 aromatic heterocycles. The molecule has 0 fully saturated rings. The molecule has 0 aliphatic carbocycles. The van der Waals surface area contributed by atoms with Crippen molar-refractivity contribution in [3.05, 3.63) is 71.5 Å². The highest BCUT2D eigenvalue weighted by atomic mass is 32.2. The molecule has 2 aromatic carbocycles. The molecule has 0 saturated carbocycles. The third kappa shape index (κ3) is 5.07. The lowest BCUT2D eigenvalue weighted by Gasteiger charge is -2.09. The smallest absolute Gasteiger partial charge is 0.293 e. The summed E-state index contributed by atoms with van der Waals surface area (Å²) in [5.74, 6) is 0.699. The molecule has 0 aliphatic rings. The summed E-state index contributed by atoms with van der Waals surface area (Å²) in [4.78, 5) is 14.0. The third-order valence-corrected chi connectivity index (χ3v) is 5.72. The molecule has 0 spiro atoms. The molecule has 1 amide bonds. The van der Waals surface area contributed by atoms with Gasteiger partial charge in [0.25, 0.3) is 5.91 Å². The van der Waals surface area contributed by atoms with Crippen LogP contribution in [0.15, 0.2) is 69.2 Å². The molecule has 34 heavy (non-hydrogen) atoms. The Morgan fingerprint density at radius 1 is 1.18 bits per heavy atom. The first-order valence-corrected chi connectivity index (χ1v) is 11.3. The number of nitrogens with zero attached hydrogens (tertiary/aromatic N) is 6. The topological polar surface area (TPSA) is 146 Å². The summed E-state index contributed by atoms with van der Waals surface area (Å²) in [5.41, 5.74) is 10.3. The number of thioether (sulfide) groups is 1. The summed E-state index contributed by atoms with van der Waals surface area (Å²) < 4.78 is 11.7. The second-order valence-corrected chi connectivity index (χ2v) is 7.99. The van der Waals surface area contributed by atoms with Gasteiger partial charge in [0.05, 0.1) is 18.0 Å². The van der Waals surface area contributed by atoms with Crippen molar-refractivity contribution in [2.75, 3.05) is 12.3 Å². The lowest BCUT2D eigenvalue weighted by Crippen LogP contribution is -2.21. The highest BCUT2D eigenvalue weighted by Crippen LogP contribution is 2.26. The zero-order valence-corrected chi connectivity index (χ0v) is 19.3. The number of carbonyl (C=O) groups excluding carboxylic acids is 1. The predicted octanol–water partition coefficient (Wildman–Crippen LogP) is 3.08. The molecule has 4 rings (SSSR count). The third-order valence-electron chi connectivity index (χ3n) is 4.70. The van der Waals surface area contributed by atoms with Crippen LogP contribution in [0.25, 0.3) is 5.82 Å². The van der Waals surface area contributed by atoms with Crippen molar-refractivity contribution < 1.29 is 14.2 Å². The van der Waals surface area contributed by atoms with Crippen LogP contribution in [0.5, 0.6) is 5.75 Å². The number of anilines is 1. The summed E-state index contributed by atoms with van der Waals surface area (Å²) in [5, 5.41) is 19.7. The first-order valence-electron chi connectivity index (χ1n) is 10.4. The molecule has 4 aromatic rings. The van der Waals surface area contributed by atoms with Gasteiger partial charge in [0, 0.05) is 16.2 Å². The number of hydrogen-bond acceptors (Lipinski definition) is 10. The standard InChI is InChI=1S/C22H22N8O3S/c1-3-32-18-12-8-7-11-16(18)14(2)24-26-22(31)19-17(13-34-15-9-5-4-6-10-15)30(29-25-19)21-20(23)27-33-28-21/h4-12H,3,13H2,1-2H3,(H2,23,27)(H,26,31)/b24-14-. The van der Waals surface area contributed by atoms with Crippen molar-refractivity contribution in [3.8, 4) is 11.6 Å². The maximum absolute atomic E-state index is 13.0. The largest absolute Gasteiger partial charge is 0.493 e. The number of rotatable bonds is 9. The van der Waals surface area contributed by atoms with E-state index in [9.17, 15) is 4.79 Å². The van der Waals surface area contributed by atoms with Crippen molar-refractivity contribution in [1.82, 2.24) is 30.7 Å². The fraction of sp³-hybridized carbons (Fsp3) is 0.182. The van der Waals surface area contributed by atoms with Gasteiger partial charge >= 0.3 is 0 Å². The molecule has 11 nitrogen and oxygen atoms in total. The zero-order chi connectivity index (χ0) is 23.9. The number of carbonyl (C=O) groups is 1. The number of amides is 1. The second kappa shape index (κ2) is 10.6. The molecule has 3 N–H and O–H groups in total. The van der Waals surface area contributed by atoms with Gasteiger partial charge in [-0.2, -0.15) is 9.78 Å². The van der Waals surface area contributed by atoms with Crippen LogP contribution < -0.4 is 15.9 Å². The molecule has 0 radical (unpaired) electrons. The van der Waals surface area contributed by atoms with E-state index in [-0.39, 0.29) is 17.3 Å². The molecular weight excluding hydrogens is 456 g/mol.